The van der Waals surface area contributed by atoms with Crippen LogP contribution in [-0.2, 0) is 0 Å². The maximum atomic E-state index is 4.68. The summed E-state index contributed by atoms with van der Waals surface area (Å²) in [5, 5.41) is 3.46. The van der Waals surface area contributed by atoms with Crippen molar-refractivity contribution in [3.05, 3.63) is 24.3 Å². The summed E-state index contributed by atoms with van der Waals surface area (Å²) in [6, 6.07) is 9.16. The van der Waals surface area contributed by atoms with E-state index in [1.54, 1.807) is 0 Å². The SMILES string of the molecule is CNC1CCCC1CCSc1nc2ccccc2s1. The van der Waals surface area contributed by atoms with Crippen molar-refractivity contribution in [2.24, 2.45) is 5.92 Å². The number of rotatable bonds is 5. The summed E-state index contributed by atoms with van der Waals surface area (Å²) >= 11 is 3.75. The van der Waals surface area contributed by atoms with E-state index < -0.39 is 0 Å². The molecular weight excluding hydrogens is 272 g/mol. The number of aromatic nitrogens is 1. The minimum atomic E-state index is 0.746. The zero-order valence-electron chi connectivity index (χ0n) is 11.3. The van der Waals surface area contributed by atoms with Gasteiger partial charge in [0.1, 0.15) is 0 Å². The molecule has 0 amide bonds. The third-order valence-electron chi connectivity index (χ3n) is 4.02. The summed E-state index contributed by atoms with van der Waals surface area (Å²) in [6.07, 6.45) is 5.45. The maximum absolute atomic E-state index is 4.68. The molecule has 0 saturated heterocycles. The molecule has 1 N–H and O–H groups in total. The first-order valence-corrected chi connectivity index (χ1v) is 8.82. The van der Waals surface area contributed by atoms with E-state index in [2.05, 4.69) is 41.6 Å². The van der Waals surface area contributed by atoms with Crippen LogP contribution >= 0.6 is 23.1 Å². The number of hydrogen-bond donors (Lipinski definition) is 1. The Kier molecular flexibility index (Phi) is 4.41. The van der Waals surface area contributed by atoms with E-state index in [0.29, 0.717) is 0 Å². The molecule has 19 heavy (non-hydrogen) atoms. The van der Waals surface area contributed by atoms with Gasteiger partial charge < -0.3 is 5.32 Å². The van der Waals surface area contributed by atoms with E-state index in [1.165, 1.54) is 40.5 Å². The molecule has 1 aromatic heterocycles. The highest BCUT2D eigenvalue weighted by molar-refractivity contribution is 8.01. The second-order valence-corrected chi connectivity index (χ2v) is 7.54. The molecule has 3 rings (SSSR count). The number of fused-ring (bicyclic) bond motifs is 1. The number of para-hydroxylation sites is 1. The van der Waals surface area contributed by atoms with Crippen molar-refractivity contribution >= 4 is 33.3 Å². The number of nitrogens with zero attached hydrogens (tertiary/aromatic N) is 1. The smallest absolute Gasteiger partial charge is 0.151 e. The zero-order valence-corrected chi connectivity index (χ0v) is 12.9. The van der Waals surface area contributed by atoms with Gasteiger partial charge in [-0.15, -0.1) is 11.3 Å². The standard InChI is InChI=1S/C15H20N2S2/c1-16-12-7-4-5-11(12)9-10-18-15-17-13-6-2-3-8-14(13)19-15/h2-3,6,8,11-12,16H,4-5,7,9-10H2,1H3. The van der Waals surface area contributed by atoms with Crippen molar-refractivity contribution in [2.75, 3.05) is 12.8 Å². The highest BCUT2D eigenvalue weighted by Gasteiger charge is 2.25. The molecule has 2 atom stereocenters. The van der Waals surface area contributed by atoms with Gasteiger partial charge >= 0.3 is 0 Å². The van der Waals surface area contributed by atoms with E-state index in [4.69, 9.17) is 0 Å². The van der Waals surface area contributed by atoms with Crippen molar-refractivity contribution in [3.63, 3.8) is 0 Å². The van der Waals surface area contributed by atoms with Crippen LogP contribution in [0.5, 0.6) is 0 Å². The fourth-order valence-corrected chi connectivity index (χ4v) is 5.18. The van der Waals surface area contributed by atoms with Crippen molar-refractivity contribution in [2.45, 2.75) is 36.1 Å². The summed E-state index contributed by atoms with van der Waals surface area (Å²) in [5.41, 5.74) is 1.14. The molecule has 1 fully saturated rings. The van der Waals surface area contributed by atoms with Crippen molar-refractivity contribution in [1.29, 1.82) is 0 Å². The number of nitrogens with one attached hydrogen (secondary N) is 1. The molecule has 1 aromatic carbocycles. The lowest BCUT2D eigenvalue weighted by molar-refractivity contribution is 0.417. The lowest BCUT2D eigenvalue weighted by atomic mass is 10.0. The molecule has 2 aromatic rings. The van der Waals surface area contributed by atoms with Crippen molar-refractivity contribution in [1.82, 2.24) is 10.3 Å². The Labute approximate surface area is 123 Å². The normalized spacial score (nSPS) is 23.2. The van der Waals surface area contributed by atoms with E-state index >= 15 is 0 Å². The molecule has 2 unspecified atom stereocenters. The van der Waals surface area contributed by atoms with Crippen molar-refractivity contribution < 1.29 is 0 Å². The van der Waals surface area contributed by atoms with Crippen LogP contribution in [0.25, 0.3) is 10.2 Å². The van der Waals surface area contributed by atoms with Gasteiger partial charge in [-0.05, 0) is 44.4 Å². The third kappa shape index (κ3) is 3.12. The van der Waals surface area contributed by atoms with E-state index in [1.807, 2.05) is 23.1 Å². The van der Waals surface area contributed by atoms with Crippen molar-refractivity contribution in [3.8, 4) is 0 Å². The number of hydrogen-bond acceptors (Lipinski definition) is 4. The highest BCUT2D eigenvalue weighted by atomic mass is 32.2. The van der Waals surface area contributed by atoms with Crippen LogP contribution in [0.3, 0.4) is 0 Å². The van der Waals surface area contributed by atoms with Crippen LogP contribution < -0.4 is 5.32 Å². The number of benzene rings is 1. The van der Waals surface area contributed by atoms with Crippen LogP contribution in [-0.4, -0.2) is 23.8 Å². The minimum absolute atomic E-state index is 0.746. The zero-order chi connectivity index (χ0) is 13.1. The van der Waals surface area contributed by atoms with Gasteiger partial charge in [0.25, 0.3) is 0 Å². The average molecular weight is 292 g/mol. The summed E-state index contributed by atoms with van der Waals surface area (Å²) in [7, 11) is 2.10. The third-order valence-corrected chi connectivity index (χ3v) is 6.23. The maximum Gasteiger partial charge on any atom is 0.151 e. The molecule has 2 nitrogen and oxygen atoms in total. The Bertz CT molecular complexity index is 505. The quantitative estimate of drug-likeness (QED) is 0.837. The topological polar surface area (TPSA) is 24.9 Å². The minimum Gasteiger partial charge on any atom is -0.317 e. The molecule has 0 aliphatic heterocycles. The van der Waals surface area contributed by atoms with Gasteiger partial charge in [0.05, 0.1) is 10.2 Å². The second kappa shape index (κ2) is 6.25. The molecule has 1 saturated carbocycles. The molecule has 1 aliphatic rings. The van der Waals surface area contributed by atoms with Gasteiger partial charge in [-0.3, -0.25) is 0 Å². The van der Waals surface area contributed by atoms with Crippen LogP contribution in [0, 0.1) is 5.92 Å². The van der Waals surface area contributed by atoms with Crippen LogP contribution in [0.4, 0.5) is 0 Å². The summed E-state index contributed by atoms with van der Waals surface area (Å²) < 4.78 is 2.53. The van der Waals surface area contributed by atoms with Gasteiger partial charge in [-0.1, -0.05) is 30.3 Å². The first kappa shape index (κ1) is 13.4. The highest BCUT2D eigenvalue weighted by Crippen LogP contribution is 2.33. The van der Waals surface area contributed by atoms with E-state index in [0.717, 1.165) is 17.5 Å². The largest absolute Gasteiger partial charge is 0.317 e. The molecule has 1 heterocycles. The predicted octanol–water partition coefficient (Wildman–Crippen LogP) is 4.17. The Morgan fingerprint density at radius 2 is 2.26 bits per heavy atom. The first-order chi connectivity index (χ1) is 9.36. The molecule has 102 valence electrons. The molecule has 0 spiro atoms. The number of thiazole rings is 1. The monoisotopic (exact) mass is 292 g/mol. The van der Waals surface area contributed by atoms with E-state index in [9.17, 15) is 0 Å². The van der Waals surface area contributed by atoms with Crippen LogP contribution in [0.1, 0.15) is 25.7 Å². The van der Waals surface area contributed by atoms with Crippen LogP contribution in [0.15, 0.2) is 28.6 Å². The molecule has 0 radical (unpaired) electrons. The lowest BCUT2D eigenvalue weighted by Gasteiger charge is -2.18. The molecular formula is C15H20N2S2. The van der Waals surface area contributed by atoms with E-state index in [-0.39, 0.29) is 0 Å². The Morgan fingerprint density at radius 3 is 3.11 bits per heavy atom. The summed E-state index contributed by atoms with van der Waals surface area (Å²) in [6.45, 7) is 0. The van der Waals surface area contributed by atoms with Gasteiger partial charge in [0.2, 0.25) is 0 Å². The Morgan fingerprint density at radius 1 is 1.37 bits per heavy atom. The van der Waals surface area contributed by atoms with Gasteiger partial charge in [-0.25, -0.2) is 4.98 Å². The van der Waals surface area contributed by atoms with Gasteiger partial charge in [0.15, 0.2) is 4.34 Å². The lowest BCUT2D eigenvalue weighted by Crippen LogP contribution is -2.29. The van der Waals surface area contributed by atoms with Crippen LogP contribution in [0.2, 0.25) is 0 Å². The fourth-order valence-electron chi connectivity index (χ4n) is 2.97. The number of thioether (sulfide) groups is 1. The second-order valence-electron chi connectivity index (χ2n) is 5.17. The molecule has 1 aliphatic carbocycles. The first-order valence-electron chi connectivity index (χ1n) is 7.02. The Hall–Kier alpha value is -0.580. The average Bonchev–Trinajstić information content (AvgIpc) is 3.04. The van der Waals surface area contributed by atoms with Gasteiger partial charge in [-0.2, -0.15) is 0 Å². The summed E-state index contributed by atoms with van der Waals surface area (Å²) in [4.78, 5) is 4.68. The predicted molar refractivity (Wildman–Crippen MR) is 85.1 cm³/mol. The van der Waals surface area contributed by atoms with Gasteiger partial charge in [0, 0.05) is 11.8 Å². The fraction of sp³-hybridized carbons (Fsp3) is 0.533. The Balaban J connectivity index is 1.54. The molecule has 0 bridgehead atoms. The molecule has 4 heteroatoms. The summed E-state index contributed by atoms with van der Waals surface area (Å²) in [5.74, 6) is 2.06.